The number of nitrogens with zero attached hydrogens (tertiary/aromatic N) is 6. The second-order valence-corrected chi connectivity index (χ2v) is 5.95. The fourth-order valence-electron chi connectivity index (χ4n) is 3.23. The Balaban J connectivity index is 1.53. The Morgan fingerprint density at radius 2 is 2.23 bits per heavy atom. The quantitative estimate of drug-likeness (QED) is 0.853. The first-order valence-electron chi connectivity index (χ1n) is 7.96. The van der Waals surface area contributed by atoms with Gasteiger partial charge in [0.05, 0.1) is 0 Å². The van der Waals surface area contributed by atoms with Crippen molar-refractivity contribution < 1.29 is 5.11 Å². The number of aryl methyl sites for hydroxylation is 1. The lowest BCUT2D eigenvalue weighted by atomic mass is 9.97. The number of aromatic nitrogens is 5. The summed E-state index contributed by atoms with van der Waals surface area (Å²) in [5.41, 5.74) is 0. The molecule has 0 unspecified atom stereocenters. The summed E-state index contributed by atoms with van der Waals surface area (Å²) >= 11 is 0. The molecule has 1 N–H and O–H groups in total. The van der Waals surface area contributed by atoms with Crippen LogP contribution in [0.1, 0.15) is 36.8 Å². The van der Waals surface area contributed by atoms with Gasteiger partial charge in [-0.1, -0.05) is 0 Å². The number of likely N-dealkylation sites (tertiary alicyclic amines) is 1. The molecule has 1 atom stereocenters. The normalized spacial score (nSPS) is 19.6. The van der Waals surface area contributed by atoms with Crippen LogP contribution in [0.25, 0.3) is 0 Å². The molecule has 0 bridgehead atoms. The molecule has 120 valence electrons. The number of rotatable bonds is 6. The second kappa shape index (κ2) is 7.02. The van der Waals surface area contributed by atoms with Gasteiger partial charge in [-0.3, -0.25) is 4.68 Å². The summed E-state index contributed by atoms with van der Waals surface area (Å²) in [6.45, 7) is 4.18. The summed E-state index contributed by atoms with van der Waals surface area (Å²) in [4.78, 5) is 2.50. The van der Waals surface area contributed by atoms with Gasteiger partial charge in [0.15, 0.2) is 5.82 Å². The molecule has 2 aromatic rings. The lowest BCUT2D eigenvalue weighted by Crippen LogP contribution is -2.36. The largest absolute Gasteiger partial charge is 0.388 e. The van der Waals surface area contributed by atoms with Crippen LogP contribution in [0.2, 0.25) is 0 Å². The first-order valence-corrected chi connectivity index (χ1v) is 7.96. The maximum Gasteiger partial charge on any atom is 0.158 e. The van der Waals surface area contributed by atoms with E-state index in [4.69, 9.17) is 0 Å². The van der Waals surface area contributed by atoms with E-state index in [1.54, 1.807) is 0 Å². The molecule has 0 amide bonds. The third-order valence-corrected chi connectivity index (χ3v) is 4.43. The maximum absolute atomic E-state index is 9.25. The molecule has 0 aromatic carbocycles. The van der Waals surface area contributed by atoms with Gasteiger partial charge in [-0.05, 0) is 38.4 Å². The molecular formula is C15H24N6O. The van der Waals surface area contributed by atoms with Crippen molar-refractivity contribution in [2.24, 2.45) is 7.05 Å². The molecule has 0 radical (unpaired) electrons. The minimum Gasteiger partial charge on any atom is -0.388 e. The van der Waals surface area contributed by atoms with Crippen molar-refractivity contribution in [1.82, 2.24) is 29.4 Å². The Kier molecular flexibility index (Phi) is 4.84. The molecule has 1 fully saturated rings. The zero-order chi connectivity index (χ0) is 15.4. The number of hydrogen-bond acceptors (Lipinski definition) is 5. The Hall–Kier alpha value is -1.73. The number of piperidine rings is 1. The fourth-order valence-corrected chi connectivity index (χ4v) is 3.23. The topological polar surface area (TPSA) is 72.0 Å². The van der Waals surface area contributed by atoms with Crippen LogP contribution >= 0.6 is 0 Å². The summed E-state index contributed by atoms with van der Waals surface area (Å²) < 4.78 is 3.93. The third kappa shape index (κ3) is 3.36. The second-order valence-electron chi connectivity index (χ2n) is 5.95. The first kappa shape index (κ1) is 15.2. The Bertz CT molecular complexity index is 579. The van der Waals surface area contributed by atoms with Crippen molar-refractivity contribution >= 4 is 0 Å². The van der Waals surface area contributed by atoms with Crippen LogP contribution in [0.4, 0.5) is 0 Å². The van der Waals surface area contributed by atoms with Crippen molar-refractivity contribution in [3.8, 4) is 0 Å². The molecule has 7 nitrogen and oxygen atoms in total. The minimum atomic E-state index is -0.0518. The van der Waals surface area contributed by atoms with Crippen LogP contribution in [0.3, 0.4) is 0 Å². The van der Waals surface area contributed by atoms with Gasteiger partial charge in [0, 0.05) is 38.4 Å². The van der Waals surface area contributed by atoms with Crippen LogP contribution in [0.5, 0.6) is 0 Å². The lowest BCUT2D eigenvalue weighted by Gasteiger charge is -2.32. The smallest absolute Gasteiger partial charge is 0.158 e. The molecule has 0 aliphatic carbocycles. The standard InChI is InChI=1S/C15H24N6O/c1-19-14(12-22)17-18-15(19)13-5-2-7-20(11-13)8-4-10-21-9-3-6-16-21/h3,6,9,13,22H,2,4-5,7-8,10-12H2,1H3/t13-/m0/s1. The van der Waals surface area contributed by atoms with E-state index < -0.39 is 0 Å². The predicted molar refractivity (Wildman–Crippen MR) is 82.2 cm³/mol. The maximum atomic E-state index is 9.25. The van der Waals surface area contributed by atoms with E-state index in [1.165, 1.54) is 6.42 Å². The average molecular weight is 304 g/mol. The molecule has 1 saturated heterocycles. The lowest BCUT2D eigenvalue weighted by molar-refractivity contribution is 0.196. The van der Waals surface area contributed by atoms with Gasteiger partial charge in [-0.25, -0.2) is 0 Å². The fraction of sp³-hybridized carbons (Fsp3) is 0.667. The van der Waals surface area contributed by atoms with Crippen LogP contribution in [0, 0.1) is 0 Å². The monoisotopic (exact) mass is 304 g/mol. The molecular weight excluding hydrogens is 280 g/mol. The number of aliphatic hydroxyl groups excluding tert-OH is 1. The summed E-state index contributed by atoms with van der Waals surface area (Å²) in [7, 11) is 1.94. The number of hydrogen-bond donors (Lipinski definition) is 1. The Morgan fingerprint density at radius 3 is 2.95 bits per heavy atom. The van der Waals surface area contributed by atoms with Crippen LogP contribution in [-0.4, -0.2) is 54.2 Å². The molecule has 2 aromatic heterocycles. The van der Waals surface area contributed by atoms with Gasteiger partial charge in [-0.15, -0.1) is 10.2 Å². The highest BCUT2D eigenvalue weighted by Crippen LogP contribution is 2.25. The molecule has 0 spiro atoms. The van der Waals surface area contributed by atoms with Crippen LogP contribution in [0.15, 0.2) is 18.5 Å². The summed E-state index contributed by atoms with van der Waals surface area (Å²) in [5, 5.41) is 21.8. The van der Waals surface area contributed by atoms with Gasteiger partial charge >= 0.3 is 0 Å². The molecule has 1 aliphatic rings. The van der Waals surface area contributed by atoms with Gasteiger partial charge in [0.2, 0.25) is 0 Å². The zero-order valence-electron chi connectivity index (χ0n) is 13.1. The predicted octanol–water partition coefficient (Wildman–Crippen LogP) is 0.774. The van der Waals surface area contributed by atoms with Crippen molar-refractivity contribution in [2.45, 2.75) is 38.3 Å². The highest BCUT2D eigenvalue weighted by molar-refractivity contribution is 5.03. The summed E-state index contributed by atoms with van der Waals surface area (Å²) in [6.07, 6.45) is 7.27. The van der Waals surface area contributed by atoms with E-state index >= 15 is 0 Å². The van der Waals surface area contributed by atoms with Crippen molar-refractivity contribution in [3.05, 3.63) is 30.1 Å². The average Bonchev–Trinajstić information content (AvgIpc) is 3.17. The highest BCUT2D eigenvalue weighted by Gasteiger charge is 2.25. The highest BCUT2D eigenvalue weighted by atomic mass is 16.3. The number of aliphatic hydroxyl groups is 1. The van der Waals surface area contributed by atoms with Crippen LogP contribution < -0.4 is 0 Å². The van der Waals surface area contributed by atoms with Crippen molar-refractivity contribution in [2.75, 3.05) is 19.6 Å². The van der Waals surface area contributed by atoms with E-state index in [1.807, 2.05) is 34.8 Å². The van der Waals surface area contributed by atoms with E-state index in [0.717, 1.165) is 44.8 Å². The third-order valence-electron chi connectivity index (χ3n) is 4.43. The summed E-state index contributed by atoms with van der Waals surface area (Å²) in [6, 6.07) is 1.96. The molecule has 1 aliphatic heterocycles. The molecule has 0 saturated carbocycles. The Morgan fingerprint density at radius 1 is 1.32 bits per heavy atom. The van der Waals surface area contributed by atoms with E-state index in [0.29, 0.717) is 11.7 Å². The van der Waals surface area contributed by atoms with E-state index in [9.17, 15) is 5.11 Å². The van der Waals surface area contributed by atoms with Gasteiger partial charge in [-0.2, -0.15) is 5.10 Å². The van der Waals surface area contributed by atoms with Crippen molar-refractivity contribution in [3.63, 3.8) is 0 Å². The zero-order valence-corrected chi connectivity index (χ0v) is 13.1. The molecule has 22 heavy (non-hydrogen) atoms. The van der Waals surface area contributed by atoms with Crippen LogP contribution in [-0.2, 0) is 20.2 Å². The van der Waals surface area contributed by atoms with E-state index in [2.05, 4.69) is 20.2 Å². The molecule has 3 heterocycles. The minimum absolute atomic E-state index is 0.0518. The first-order chi connectivity index (χ1) is 10.8. The summed E-state index contributed by atoms with van der Waals surface area (Å²) in [5.74, 6) is 2.06. The molecule has 3 rings (SSSR count). The van der Waals surface area contributed by atoms with Crippen molar-refractivity contribution in [1.29, 1.82) is 0 Å². The molecule has 7 heteroatoms. The Labute approximate surface area is 130 Å². The van der Waals surface area contributed by atoms with Gasteiger partial charge in [0.25, 0.3) is 0 Å². The van der Waals surface area contributed by atoms with E-state index in [-0.39, 0.29) is 6.61 Å². The van der Waals surface area contributed by atoms with Gasteiger partial charge in [0.1, 0.15) is 12.4 Å². The SMILES string of the molecule is Cn1c(CO)nnc1[C@H]1CCCN(CCCn2cccn2)C1. The van der Waals surface area contributed by atoms with Gasteiger partial charge < -0.3 is 14.6 Å².